The van der Waals surface area contributed by atoms with Crippen LogP contribution in [-0.4, -0.2) is 10.0 Å². The second-order valence-corrected chi connectivity index (χ2v) is 5.13. The van der Waals surface area contributed by atoms with E-state index in [9.17, 15) is 15.2 Å². The predicted molar refractivity (Wildman–Crippen MR) is 62.1 cm³/mol. The summed E-state index contributed by atoms with van der Waals surface area (Å²) < 4.78 is 0. The number of rotatable bonds is 2. The highest BCUT2D eigenvalue weighted by Crippen LogP contribution is 2.39. The van der Waals surface area contributed by atoms with Crippen molar-refractivity contribution in [2.75, 3.05) is 0 Å². The summed E-state index contributed by atoms with van der Waals surface area (Å²) in [6.07, 6.45) is 0. The smallest absolute Gasteiger partial charge is 0.269 e. The number of aliphatic hydroxyl groups is 1. The summed E-state index contributed by atoms with van der Waals surface area (Å²) in [6.45, 7) is 7.49. The molecule has 0 spiro atoms. The summed E-state index contributed by atoms with van der Waals surface area (Å²) in [4.78, 5) is 10.1. The molecule has 16 heavy (non-hydrogen) atoms. The van der Waals surface area contributed by atoms with Gasteiger partial charge in [0.25, 0.3) is 5.69 Å². The highest BCUT2D eigenvalue weighted by Gasteiger charge is 2.36. The van der Waals surface area contributed by atoms with Gasteiger partial charge in [0.05, 0.1) is 10.5 Å². The van der Waals surface area contributed by atoms with Gasteiger partial charge in [0.1, 0.15) is 0 Å². The molecule has 1 rings (SSSR count). The lowest BCUT2D eigenvalue weighted by molar-refractivity contribution is -0.384. The van der Waals surface area contributed by atoms with Gasteiger partial charge in [0.2, 0.25) is 0 Å². The maximum absolute atomic E-state index is 10.5. The first-order valence-electron chi connectivity index (χ1n) is 5.13. The van der Waals surface area contributed by atoms with E-state index in [1.807, 2.05) is 20.8 Å². The van der Waals surface area contributed by atoms with Crippen molar-refractivity contribution in [3.8, 4) is 0 Å². The molecule has 88 valence electrons. The third-order valence-electron chi connectivity index (χ3n) is 3.10. The number of nitrogens with zero attached hydrogens (tertiary/aromatic N) is 1. The highest BCUT2D eigenvalue weighted by atomic mass is 16.6. The van der Waals surface area contributed by atoms with E-state index < -0.39 is 10.5 Å². The van der Waals surface area contributed by atoms with E-state index in [4.69, 9.17) is 0 Å². The Morgan fingerprint density at radius 2 is 1.56 bits per heavy atom. The summed E-state index contributed by atoms with van der Waals surface area (Å²) in [5.74, 6) is 0. The van der Waals surface area contributed by atoms with Crippen LogP contribution in [0.5, 0.6) is 0 Å². The maximum atomic E-state index is 10.5. The first kappa shape index (κ1) is 12.6. The summed E-state index contributed by atoms with van der Waals surface area (Å²) in [5, 5.41) is 20.9. The average Bonchev–Trinajstić information content (AvgIpc) is 2.16. The summed E-state index contributed by atoms with van der Waals surface area (Å²) in [7, 11) is 0. The second-order valence-electron chi connectivity index (χ2n) is 5.13. The molecule has 0 aliphatic carbocycles. The number of nitro groups is 1. The molecule has 0 aliphatic heterocycles. The number of benzene rings is 1. The Hall–Kier alpha value is -1.42. The quantitative estimate of drug-likeness (QED) is 0.619. The molecule has 0 heterocycles. The topological polar surface area (TPSA) is 63.4 Å². The SMILES string of the molecule is CC(C)(C)[C@@](C)(O)c1ccc([N+](=O)[O-])cc1. The Balaban J connectivity index is 3.11. The largest absolute Gasteiger partial charge is 0.385 e. The zero-order valence-electron chi connectivity index (χ0n) is 10.0. The van der Waals surface area contributed by atoms with Gasteiger partial charge in [-0.2, -0.15) is 0 Å². The summed E-state index contributed by atoms with van der Waals surface area (Å²) in [5.41, 5.74) is -0.621. The molecule has 0 unspecified atom stereocenters. The van der Waals surface area contributed by atoms with Gasteiger partial charge in [-0.25, -0.2) is 0 Å². The molecule has 0 aromatic heterocycles. The maximum Gasteiger partial charge on any atom is 0.269 e. The molecule has 4 heteroatoms. The molecule has 1 atom stereocenters. The highest BCUT2D eigenvalue weighted by molar-refractivity contribution is 5.35. The van der Waals surface area contributed by atoms with Gasteiger partial charge in [0.15, 0.2) is 0 Å². The molecule has 0 fully saturated rings. The van der Waals surface area contributed by atoms with Crippen molar-refractivity contribution in [1.82, 2.24) is 0 Å². The van der Waals surface area contributed by atoms with E-state index in [0.29, 0.717) is 5.56 Å². The molecule has 0 aliphatic rings. The fraction of sp³-hybridized carbons (Fsp3) is 0.500. The van der Waals surface area contributed by atoms with Crippen molar-refractivity contribution in [1.29, 1.82) is 0 Å². The summed E-state index contributed by atoms with van der Waals surface area (Å²) in [6, 6.07) is 6.03. The molecule has 0 radical (unpaired) electrons. The van der Waals surface area contributed by atoms with Crippen molar-refractivity contribution in [2.45, 2.75) is 33.3 Å². The average molecular weight is 223 g/mol. The Morgan fingerprint density at radius 1 is 1.12 bits per heavy atom. The monoisotopic (exact) mass is 223 g/mol. The van der Waals surface area contributed by atoms with Gasteiger partial charge in [0, 0.05) is 12.1 Å². The Labute approximate surface area is 95.1 Å². The molecule has 1 aromatic rings. The van der Waals surface area contributed by atoms with Gasteiger partial charge in [-0.15, -0.1) is 0 Å². The number of nitro benzene ring substituents is 1. The van der Waals surface area contributed by atoms with Crippen LogP contribution in [-0.2, 0) is 5.60 Å². The van der Waals surface area contributed by atoms with Crippen LogP contribution >= 0.6 is 0 Å². The molecule has 0 saturated heterocycles. The molecule has 1 aromatic carbocycles. The Morgan fingerprint density at radius 3 is 1.88 bits per heavy atom. The van der Waals surface area contributed by atoms with Gasteiger partial charge < -0.3 is 5.11 Å². The third kappa shape index (κ3) is 2.22. The molecule has 0 amide bonds. The summed E-state index contributed by atoms with van der Waals surface area (Å²) >= 11 is 0. The minimum Gasteiger partial charge on any atom is -0.385 e. The van der Waals surface area contributed by atoms with E-state index in [1.54, 1.807) is 19.1 Å². The Bertz CT molecular complexity index is 388. The van der Waals surface area contributed by atoms with Crippen LogP contribution in [0.3, 0.4) is 0 Å². The first-order chi connectivity index (χ1) is 7.16. The van der Waals surface area contributed by atoms with E-state index in [2.05, 4.69) is 0 Å². The van der Waals surface area contributed by atoms with E-state index in [-0.39, 0.29) is 11.1 Å². The predicted octanol–water partition coefficient (Wildman–Crippen LogP) is 2.85. The van der Waals surface area contributed by atoms with Crippen LogP contribution in [0.4, 0.5) is 5.69 Å². The molecule has 0 saturated carbocycles. The lowest BCUT2D eigenvalue weighted by Gasteiger charge is -2.37. The fourth-order valence-corrected chi connectivity index (χ4v) is 1.34. The first-order valence-corrected chi connectivity index (χ1v) is 5.13. The second kappa shape index (κ2) is 3.87. The Kier molecular flexibility index (Phi) is 3.06. The minimum absolute atomic E-state index is 0.0356. The molecule has 4 nitrogen and oxygen atoms in total. The van der Waals surface area contributed by atoms with Crippen molar-refractivity contribution >= 4 is 5.69 Å². The van der Waals surface area contributed by atoms with Crippen LogP contribution in [0.25, 0.3) is 0 Å². The van der Waals surface area contributed by atoms with Crippen LogP contribution in [0.1, 0.15) is 33.3 Å². The van der Waals surface area contributed by atoms with Gasteiger partial charge in [-0.1, -0.05) is 20.8 Å². The zero-order chi connectivity index (χ0) is 12.6. The van der Waals surface area contributed by atoms with Crippen LogP contribution in [0.15, 0.2) is 24.3 Å². The molecule has 0 bridgehead atoms. The van der Waals surface area contributed by atoms with Crippen LogP contribution in [0.2, 0.25) is 0 Å². The van der Waals surface area contributed by atoms with Crippen molar-refractivity contribution in [2.24, 2.45) is 5.41 Å². The van der Waals surface area contributed by atoms with Crippen LogP contribution < -0.4 is 0 Å². The minimum atomic E-state index is -1.01. The lowest BCUT2D eigenvalue weighted by atomic mass is 9.73. The third-order valence-corrected chi connectivity index (χ3v) is 3.10. The zero-order valence-corrected chi connectivity index (χ0v) is 10.0. The van der Waals surface area contributed by atoms with Crippen molar-refractivity contribution < 1.29 is 10.0 Å². The molecular weight excluding hydrogens is 206 g/mol. The number of hydrogen-bond acceptors (Lipinski definition) is 3. The van der Waals surface area contributed by atoms with Crippen molar-refractivity contribution in [3.63, 3.8) is 0 Å². The van der Waals surface area contributed by atoms with Crippen molar-refractivity contribution in [3.05, 3.63) is 39.9 Å². The van der Waals surface area contributed by atoms with E-state index in [0.717, 1.165) is 0 Å². The van der Waals surface area contributed by atoms with Gasteiger partial charge in [-0.3, -0.25) is 10.1 Å². The van der Waals surface area contributed by atoms with E-state index in [1.165, 1.54) is 12.1 Å². The standard InChI is InChI=1S/C12H17NO3/c1-11(2,3)12(4,14)9-5-7-10(8-6-9)13(15)16/h5-8,14H,1-4H3/t12-/m0/s1. The van der Waals surface area contributed by atoms with Gasteiger partial charge in [-0.05, 0) is 30.0 Å². The normalized spacial score (nSPS) is 15.6. The van der Waals surface area contributed by atoms with Gasteiger partial charge >= 0.3 is 0 Å². The molecular formula is C12H17NO3. The molecule has 1 N–H and O–H groups in total. The lowest BCUT2D eigenvalue weighted by Crippen LogP contribution is -2.36. The fourth-order valence-electron chi connectivity index (χ4n) is 1.34. The number of non-ortho nitro benzene ring substituents is 1. The number of hydrogen-bond donors (Lipinski definition) is 1. The van der Waals surface area contributed by atoms with E-state index >= 15 is 0 Å². The van der Waals surface area contributed by atoms with Crippen LogP contribution in [0, 0.1) is 15.5 Å².